The normalized spacial score (nSPS) is 19.1. The second-order valence-corrected chi connectivity index (χ2v) is 5.72. The molecule has 1 unspecified atom stereocenters. The number of hydrogen-bond acceptors (Lipinski definition) is 2. The molecule has 3 heteroatoms. The lowest BCUT2D eigenvalue weighted by Gasteiger charge is -2.29. The van der Waals surface area contributed by atoms with Crippen LogP contribution in [0.2, 0.25) is 0 Å². The van der Waals surface area contributed by atoms with E-state index in [4.69, 9.17) is 0 Å². The molecular weight excluding hydrogens is 236 g/mol. The summed E-state index contributed by atoms with van der Waals surface area (Å²) in [6.07, 6.45) is 1.95. The van der Waals surface area contributed by atoms with E-state index in [0.717, 1.165) is 25.9 Å². The second-order valence-electron chi connectivity index (χ2n) is 5.72. The summed E-state index contributed by atoms with van der Waals surface area (Å²) >= 11 is 0. The Hall–Kier alpha value is -1.35. The molecule has 0 saturated carbocycles. The van der Waals surface area contributed by atoms with E-state index in [1.807, 2.05) is 0 Å². The standard InChI is InChI=1S/C16H24N2O/c1-12-4-6-14(7-5-12)13(2)17-16(19)15-8-10-18(3)11-9-15/h4-7,13,15H,8-11H2,1-3H3,(H,17,19). The Morgan fingerprint density at radius 2 is 1.84 bits per heavy atom. The quantitative estimate of drug-likeness (QED) is 0.905. The van der Waals surface area contributed by atoms with Gasteiger partial charge in [0.05, 0.1) is 6.04 Å². The summed E-state index contributed by atoms with van der Waals surface area (Å²) in [6, 6.07) is 8.46. The number of hydrogen-bond donors (Lipinski definition) is 1. The highest BCUT2D eigenvalue weighted by Gasteiger charge is 2.24. The van der Waals surface area contributed by atoms with Gasteiger partial charge in [-0.25, -0.2) is 0 Å². The first-order chi connectivity index (χ1) is 9.06. The highest BCUT2D eigenvalue weighted by Crippen LogP contribution is 2.19. The van der Waals surface area contributed by atoms with E-state index < -0.39 is 0 Å². The van der Waals surface area contributed by atoms with Crippen molar-refractivity contribution in [1.82, 2.24) is 10.2 Å². The number of amides is 1. The lowest BCUT2D eigenvalue weighted by atomic mass is 9.95. The number of benzene rings is 1. The topological polar surface area (TPSA) is 32.3 Å². The summed E-state index contributed by atoms with van der Waals surface area (Å²) in [6.45, 7) is 6.18. The zero-order chi connectivity index (χ0) is 13.8. The molecule has 2 rings (SSSR count). The smallest absolute Gasteiger partial charge is 0.223 e. The summed E-state index contributed by atoms with van der Waals surface area (Å²) in [5, 5.41) is 3.14. The number of carbonyl (C=O) groups excluding carboxylic acids is 1. The van der Waals surface area contributed by atoms with Crippen molar-refractivity contribution < 1.29 is 4.79 Å². The van der Waals surface area contributed by atoms with Gasteiger partial charge in [-0.3, -0.25) is 4.79 Å². The largest absolute Gasteiger partial charge is 0.349 e. The highest BCUT2D eigenvalue weighted by atomic mass is 16.1. The van der Waals surface area contributed by atoms with Crippen LogP contribution in [0, 0.1) is 12.8 Å². The van der Waals surface area contributed by atoms with Crippen molar-refractivity contribution >= 4 is 5.91 Å². The van der Waals surface area contributed by atoms with Crippen molar-refractivity contribution in [1.29, 1.82) is 0 Å². The minimum atomic E-state index is 0.0905. The Bertz CT molecular complexity index is 419. The first-order valence-corrected chi connectivity index (χ1v) is 7.12. The minimum Gasteiger partial charge on any atom is -0.349 e. The molecular formula is C16H24N2O. The molecule has 3 nitrogen and oxygen atoms in total. The van der Waals surface area contributed by atoms with Crippen LogP contribution < -0.4 is 5.32 Å². The van der Waals surface area contributed by atoms with Gasteiger partial charge in [0, 0.05) is 5.92 Å². The van der Waals surface area contributed by atoms with Crippen LogP contribution in [0.1, 0.15) is 36.9 Å². The molecule has 1 aromatic carbocycles. The molecule has 1 amide bonds. The molecule has 0 spiro atoms. The van der Waals surface area contributed by atoms with Crippen molar-refractivity contribution in [2.45, 2.75) is 32.7 Å². The lowest BCUT2D eigenvalue weighted by Crippen LogP contribution is -2.39. The number of rotatable bonds is 3. The average molecular weight is 260 g/mol. The number of aryl methyl sites for hydroxylation is 1. The van der Waals surface area contributed by atoms with E-state index in [1.54, 1.807) is 0 Å². The molecule has 0 bridgehead atoms. The molecule has 1 N–H and O–H groups in total. The second kappa shape index (κ2) is 6.20. The molecule has 1 saturated heterocycles. The van der Waals surface area contributed by atoms with Crippen LogP contribution in [0.15, 0.2) is 24.3 Å². The Morgan fingerprint density at radius 1 is 1.26 bits per heavy atom. The Morgan fingerprint density at radius 3 is 2.42 bits per heavy atom. The number of carbonyl (C=O) groups is 1. The van der Waals surface area contributed by atoms with E-state index >= 15 is 0 Å². The van der Waals surface area contributed by atoms with Gasteiger partial charge in [0.15, 0.2) is 0 Å². The van der Waals surface area contributed by atoms with Crippen LogP contribution in [0.25, 0.3) is 0 Å². The molecule has 1 heterocycles. The fourth-order valence-corrected chi connectivity index (χ4v) is 2.54. The van der Waals surface area contributed by atoms with Crippen LogP contribution in [0.3, 0.4) is 0 Å². The van der Waals surface area contributed by atoms with E-state index in [-0.39, 0.29) is 17.9 Å². The van der Waals surface area contributed by atoms with Crippen LogP contribution in [-0.4, -0.2) is 30.9 Å². The van der Waals surface area contributed by atoms with E-state index in [2.05, 4.69) is 55.4 Å². The third kappa shape index (κ3) is 3.80. The van der Waals surface area contributed by atoms with Gasteiger partial charge >= 0.3 is 0 Å². The summed E-state index contributed by atoms with van der Waals surface area (Å²) < 4.78 is 0. The van der Waals surface area contributed by atoms with Gasteiger partial charge < -0.3 is 10.2 Å². The van der Waals surface area contributed by atoms with Gasteiger partial charge in [-0.05, 0) is 52.4 Å². The molecule has 1 atom stereocenters. The van der Waals surface area contributed by atoms with Crippen LogP contribution in [0.5, 0.6) is 0 Å². The Kier molecular flexibility index (Phi) is 4.59. The Labute approximate surface area is 116 Å². The first-order valence-electron chi connectivity index (χ1n) is 7.12. The summed E-state index contributed by atoms with van der Waals surface area (Å²) in [5.74, 6) is 0.394. The average Bonchev–Trinajstić information content (AvgIpc) is 2.40. The van der Waals surface area contributed by atoms with Crippen LogP contribution >= 0.6 is 0 Å². The van der Waals surface area contributed by atoms with Crippen molar-refractivity contribution in [2.24, 2.45) is 5.92 Å². The van der Waals surface area contributed by atoms with Crippen molar-refractivity contribution in [3.05, 3.63) is 35.4 Å². The minimum absolute atomic E-state index is 0.0905. The van der Waals surface area contributed by atoms with Crippen molar-refractivity contribution in [3.63, 3.8) is 0 Å². The van der Waals surface area contributed by atoms with Crippen LogP contribution in [-0.2, 0) is 4.79 Å². The molecule has 0 aromatic heterocycles. The van der Waals surface area contributed by atoms with Gasteiger partial charge in [0.2, 0.25) is 5.91 Å². The zero-order valence-corrected chi connectivity index (χ0v) is 12.1. The fourth-order valence-electron chi connectivity index (χ4n) is 2.54. The van der Waals surface area contributed by atoms with Gasteiger partial charge in [-0.1, -0.05) is 29.8 Å². The maximum absolute atomic E-state index is 12.2. The molecule has 19 heavy (non-hydrogen) atoms. The maximum Gasteiger partial charge on any atom is 0.223 e. The summed E-state index contributed by atoms with van der Waals surface area (Å²) in [7, 11) is 2.11. The van der Waals surface area contributed by atoms with Crippen molar-refractivity contribution in [2.75, 3.05) is 20.1 Å². The third-order valence-corrected chi connectivity index (χ3v) is 4.03. The molecule has 0 radical (unpaired) electrons. The SMILES string of the molecule is Cc1ccc(C(C)NC(=O)C2CCN(C)CC2)cc1. The fraction of sp³-hybridized carbons (Fsp3) is 0.562. The molecule has 1 aliphatic heterocycles. The van der Waals surface area contributed by atoms with Gasteiger partial charge in [-0.2, -0.15) is 0 Å². The predicted molar refractivity (Wildman–Crippen MR) is 78.0 cm³/mol. The van der Waals surface area contributed by atoms with E-state index in [0.29, 0.717) is 0 Å². The number of nitrogens with zero attached hydrogens (tertiary/aromatic N) is 1. The predicted octanol–water partition coefficient (Wildman–Crippen LogP) is 2.51. The Balaban J connectivity index is 1.89. The highest BCUT2D eigenvalue weighted by molar-refractivity contribution is 5.79. The van der Waals surface area contributed by atoms with E-state index in [1.165, 1.54) is 11.1 Å². The molecule has 1 aromatic rings. The van der Waals surface area contributed by atoms with Crippen molar-refractivity contribution in [3.8, 4) is 0 Å². The van der Waals surface area contributed by atoms with Gasteiger partial charge in [0.1, 0.15) is 0 Å². The lowest BCUT2D eigenvalue weighted by molar-refractivity contribution is -0.127. The molecule has 0 aliphatic carbocycles. The third-order valence-electron chi connectivity index (χ3n) is 4.03. The molecule has 104 valence electrons. The van der Waals surface area contributed by atoms with Crippen LogP contribution in [0.4, 0.5) is 0 Å². The first kappa shape index (κ1) is 14.1. The maximum atomic E-state index is 12.2. The summed E-state index contributed by atoms with van der Waals surface area (Å²) in [5.41, 5.74) is 2.42. The van der Waals surface area contributed by atoms with Gasteiger partial charge in [-0.15, -0.1) is 0 Å². The molecule has 1 fully saturated rings. The number of nitrogens with one attached hydrogen (secondary N) is 1. The monoisotopic (exact) mass is 260 g/mol. The van der Waals surface area contributed by atoms with Gasteiger partial charge in [0.25, 0.3) is 0 Å². The van der Waals surface area contributed by atoms with E-state index in [9.17, 15) is 4.79 Å². The molecule has 1 aliphatic rings. The number of piperidine rings is 1. The zero-order valence-electron chi connectivity index (χ0n) is 12.1. The number of likely N-dealkylation sites (tertiary alicyclic amines) is 1. The summed E-state index contributed by atoms with van der Waals surface area (Å²) in [4.78, 5) is 14.5.